The highest BCUT2D eigenvalue weighted by Gasteiger charge is 2.19. The number of urea groups is 1. The number of carbonyl (C=O) groups is 1. The van der Waals surface area contributed by atoms with Crippen molar-refractivity contribution in [2.45, 2.75) is 6.42 Å². The summed E-state index contributed by atoms with van der Waals surface area (Å²) in [6.07, 6.45) is 5.56. The molecular formula is C16H16N4O2. The molecule has 0 atom stereocenters. The molecule has 2 N–H and O–H groups in total. The predicted molar refractivity (Wildman–Crippen MR) is 84.5 cm³/mol. The maximum absolute atomic E-state index is 12.2. The van der Waals surface area contributed by atoms with Crippen molar-refractivity contribution in [3.8, 4) is 0 Å². The summed E-state index contributed by atoms with van der Waals surface area (Å²) in [7, 11) is 0. The van der Waals surface area contributed by atoms with Crippen LogP contribution in [0.1, 0.15) is 12.1 Å². The average Bonchev–Trinajstić information content (AvgIpc) is 2.56. The van der Waals surface area contributed by atoms with Gasteiger partial charge in [0.25, 0.3) is 5.56 Å². The molecule has 1 aliphatic rings. The summed E-state index contributed by atoms with van der Waals surface area (Å²) in [6.45, 7) is 1.02. The number of nitrogens with one attached hydrogen (secondary N) is 2. The first-order chi connectivity index (χ1) is 10.7. The Balaban J connectivity index is 1.67. The Morgan fingerprint density at radius 2 is 2.09 bits per heavy atom. The third kappa shape index (κ3) is 3.06. The number of rotatable bonds is 2. The molecule has 22 heavy (non-hydrogen) atoms. The van der Waals surface area contributed by atoms with Crippen molar-refractivity contribution >= 4 is 17.3 Å². The van der Waals surface area contributed by atoms with Crippen LogP contribution >= 0.6 is 0 Å². The molecule has 0 radical (unpaired) electrons. The van der Waals surface area contributed by atoms with Gasteiger partial charge in [-0.05, 0) is 24.1 Å². The largest absolute Gasteiger partial charge is 0.326 e. The number of amides is 2. The summed E-state index contributed by atoms with van der Waals surface area (Å²) in [6, 6.07) is 9.19. The predicted octanol–water partition coefficient (Wildman–Crippen LogP) is 2.09. The van der Waals surface area contributed by atoms with Gasteiger partial charge >= 0.3 is 6.03 Å². The molecular weight excluding hydrogens is 280 g/mol. The second-order valence-corrected chi connectivity index (χ2v) is 4.99. The topological polar surface area (TPSA) is 78.1 Å². The number of H-pyrrole nitrogens is 1. The Morgan fingerprint density at radius 1 is 1.27 bits per heavy atom. The first kappa shape index (κ1) is 14.1. The van der Waals surface area contributed by atoms with E-state index in [-0.39, 0.29) is 11.6 Å². The van der Waals surface area contributed by atoms with E-state index in [4.69, 9.17) is 0 Å². The number of hydrogen-bond donors (Lipinski definition) is 2. The fourth-order valence-electron chi connectivity index (χ4n) is 2.37. The van der Waals surface area contributed by atoms with E-state index < -0.39 is 0 Å². The van der Waals surface area contributed by atoms with Crippen molar-refractivity contribution in [2.24, 2.45) is 0 Å². The van der Waals surface area contributed by atoms with Crippen LogP contribution < -0.4 is 10.9 Å². The number of carbonyl (C=O) groups excluding carboxylic acids is 1. The summed E-state index contributed by atoms with van der Waals surface area (Å²) in [5.41, 5.74) is 1.88. The SMILES string of the molecule is O=C(Nc1ccccc1)N1CC=C(c2ncc[nH]c2=O)CC1. The monoisotopic (exact) mass is 296 g/mol. The molecule has 1 aliphatic heterocycles. The van der Waals surface area contributed by atoms with E-state index >= 15 is 0 Å². The van der Waals surface area contributed by atoms with Gasteiger partial charge in [-0.15, -0.1) is 0 Å². The highest BCUT2D eigenvalue weighted by molar-refractivity contribution is 5.89. The summed E-state index contributed by atoms with van der Waals surface area (Å²) in [4.78, 5) is 32.3. The summed E-state index contributed by atoms with van der Waals surface area (Å²) >= 11 is 0. The highest BCUT2D eigenvalue weighted by Crippen LogP contribution is 2.18. The molecule has 2 heterocycles. The van der Waals surface area contributed by atoms with Gasteiger partial charge in [-0.1, -0.05) is 24.3 Å². The van der Waals surface area contributed by atoms with Crippen LogP contribution in [0, 0.1) is 0 Å². The Kier molecular flexibility index (Phi) is 4.00. The first-order valence-electron chi connectivity index (χ1n) is 7.08. The normalized spacial score (nSPS) is 14.4. The third-order valence-electron chi connectivity index (χ3n) is 3.53. The number of aromatic nitrogens is 2. The molecule has 1 aromatic carbocycles. The number of anilines is 1. The zero-order valence-corrected chi connectivity index (χ0v) is 12.0. The molecule has 2 amide bonds. The fraction of sp³-hybridized carbons (Fsp3) is 0.188. The quantitative estimate of drug-likeness (QED) is 0.890. The van der Waals surface area contributed by atoms with Crippen LogP contribution in [0.15, 0.2) is 53.6 Å². The second-order valence-electron chi connectivity index (χ2n) is 4.99. The Labute approximate surface area is 127 Å². The summed E-state index contributed by atoms with van der Waals surface area (Å²) in [5, 5.41) is 2.85. The zero-order valence-electron chi connectivity index (χ0n) is 12.0. The van der Waals surface area contributed by atoms with Gasteiger partial charge in [0.05, 0.1) is 0 Å². The van der Waals surface area contributed by atoms with E-state index in [1.807, 2.05) is 36.4 Å². The smallest absolute Gasteiger partial charge is 0.322 e. The van der Waals surface area contributed by atoms with Crippen LogP contribution in [0.3, 0.4) is 0 Å². The van der Waals surface area contributed by atoms with Crippen LogP contribution in [-0.2, 0) is 0 Å². The minimum absolute atomic E-state index is 0.142. The van der Waals surface area contributed by atoms with E-state index in [2.05, 4.69) is 15.3 Å². The molecule has 6 nitrogen and oxygen atoms in total. The number of hydrogen-bond acceptors (Lipinski definition) is 3. The van der Waals surface area contributed by atoms with E-state index in [9.17, 15) is 9.59 Å². The third-order valence-corrected chi connectivity index (χ3v) is 3.53. The van der Waals surface area contributed by atoms with Gasteiger partial charge in [-0.3, -0.25) is 4.79 Å². The van der Waals surface area contributed by atoms with Gasteiger partial charge in [0.2, 0.25) is 0 Å². The first-order valence-corrected chi connectivity index (χ1v) is 7.08. The van der Waals surface area contributed by atoms with Crippen LogP contribution in [0.25, 0.3) is 5.57 Å². The molecule has 0 aliphatic carbocycles. The molecule has 0 saturated carbocycles. The van der Waals surface area contributed by atoms with Crippen molar-refractivity contribution in [3.05, 3.63) is 64.8 Å². The van der Waals surface area contributed by atoms with Crippen LogP contribution in [0.2, 0.25) is 0 Å². The van der Waals surface area contributed by atoms with Crippen LogP contribution in [-0.4, -0.2) is 34.0 Å². The van der Waals surface area contributed by atoms with E-state index in [1.165, 1.54) is 6.20 Å². The van der Waals surface area contributed by atoms with Gasteiger partial charge < -0.3 is 15.2 Å². The second kappa shape index (κ2) is 6.26. The number of nitrogens with zero attached hydrogens (tertiary/aromatic N) is 2. The van der Waals surface area contributed by atoms with Gasteiger partial charge in [0.1, 0.15) is 5.69 Å². The lowest BCUT2D eigenvalue weighted by Crippen LogP contribution is -2.38. The molecule has 112 valence electrons. The Hall–Kier alpha value is -2.89. The van der Waals surface area contributed by atoms with Crippen LogP contribution in [0.4, 0.5) is 10.5 Å². The van der Waals surface area contributed by atoms with Gasteiger partial charge in [0.15, 0.2) is 0 Å². The molecule has 0 fully saturated rings. The summed E-state index contributed by atoms with van der Waals surface area (Å²) in [5.74, 6) is 0. The minimum Gasteiger partial charge on any atom is -0.326 e. The van der Waals surface area contributed by atoms with Gasteiger partial charge in [-0.25, -0.2) is 9.78 Å². The molecule has 2 aromatic rings. The highest BCUT2D eigenvalue weighted by atomic mass is 16.2. The Morgan fingerprint density at radius 3 is 2.77 bits per heavy atom. The molecule has 1 aromatic heterocycles. The van der Waals surface area contributed by atoms with Crippen molar-refractivity contribution in [2.75, 3.05) is 18.4 Å². The lowest BCUT2D eigenvalue weighted by Gasteiger charge is -2.26. The molecule has 0 unspecified atom stereocenters. The molecule has 0 spiro atoms. The van der Waals surface area contributed by atoms with Crippen molar-refractivity contribution in [3.63, 3.8) is 0 Å². The average molecular weight is 296 g/mol. The number of para-hydroxylation sites is 1. The minimum atomic E-state index is -0.198. The van der Waals surface area contributed by atoms with Gasteiger partial charge in [0, 0.05) is 31.2 Å². The molecule has 6 heteroatoms. The van der Waals surface area contributed by atoms with Gasteiger partial charge in [-0.2, -0.15) is 0 Å². The van der Waals surface area contributed by atoms with E-state index in [0.29, 0.717) is 25.2 Å². The summed E-state index contributed by atoms with van der Waals surface area (Å²) < 4.78 is 0. The molecule has 3 rings (SSSR count). The fourth-order valence-corrected chi connectivity index (χ4v) is 2.37. The zero-order chi connectivity index (χ0) is 15.4. The standard InChI is InChI=1S/C16H16N4O2/c21-15-14(17-8-9-18-15)12-6-10-20(11-7-12)16(22)19-13-4-2-1-3-5-13/h1-6,8-9H,7,10-11H2,(H,18,21)(H,19,22). The maximum Gasteiger partial charge on any atom is 0.322 e. The lowest BCUT2D eigenvalue weighted by molar-refractivity contribution is 0.217. The lowest BCUT2D eigenvalue weighted by atomic mass is 10.1. The molecule has 0 saturated heterocycles. The van der Waals surface area contributed by atoms with Crippen molar-refractivity contribution < 1.29 is 4.79 Å². The Bertz CT molecular complexity index is 752. The number of benzene rings is 1. The van der Waals surface area contributed by atoms with Crippen molar-refractivity contribution in [1.82, 2.24) is 14.9 Å². The molecule has 0 bridgehead atoms. The number of aromatic amines is 1. The maximum atomic E-state index is 12.2. The van der Waals surface area contributed by atoms with Crippen LogP contribution in [0.5, 0.6) is 0 Å². The van der Waals surface area contributed by atoms with E-state index in [1.54, 1.807) is 11.1 Å². The van der Waals surface area contributed by atoms with E-state index in [0.717, 1.165) is 11.3 Å². The van der Waals surface area contributed by atoms with Crippen molar-refractivity contribution in [1.29, 1.82) is 0 Å².